The van der Waals surface area contributed by atoms with Gasteiger partial charge < -0.3 is 0 Å². The molecule has 94 valence electrons. The molecule has 1 aromatic heterocycles. The maximum atomic E-state index is 2.55. The van der Waals surface area contributed by atoms with Crippen LogP contribution in [0.4, 0.5) is 0 Å². The van der Waals surface area contributed by atoms with Gasteiger partial charge in [-0.15, -0.1) is 0 Å². The highest BCUT2D eigenvalue weighted by atomic mass is 32.2. The molecule has 0 atom stereocenters. The monoisotopic (exact) mass is 276 g/mol. The van der Waals surface area contributed by atoms with E-state index < -0.39 is 0 Å². The molecule has 1 aliphatic heterocycles. The Morgan fingerprint density at radius 3 is 2.33 bits per heavy atom. The van der Waals surface area contributed by atoms with E-state index in [2.05, 4.69) is 45.7 Å². The van der Waals surface area contributed by atoms with Gasteiger partial charge in [-0.3, -0.25) is 0 Å². The molecule has 0 spiro atoms. The van der Waals surface area contributed by atoms with E-state index in [1.54, 1.807) is 0 Å². The lowest BCUT2D eigenvalue weighted by molar-refractivity contribution is 0.340. The summed E-state index contributed by atoms with van der Waals surface area (Å²) in [7, 11) is 0. The minimum absolute atomic E-state index is 0.869. The molecule has 1 nitrogen and oxygen atoms in total. The van der Waals surface area contributed by atoms with Crippen LogP contribution in [0.1, 0.15) is 18.4 Å². The zero-order valence-electron chi connectivity index (χ0n) is 10.4. The zero-order chi connectivity index (χ0) is 12.2. The first-order valence-electron chi connectivity index (χ1n) is 6.56. The van der Waals surface area contributed by atoms with Gasteiger partial charge in [0.15, 0.2) is 0 Å². The first-order chi connectivity index (χ1) is 8.92. The van der Waals surface area contributed by atoms with Crippen molar-refractivity contribution in [2.24, 2.45) is 5.92 Å². The fourth-order valence-electron chi connectivity index (χ4n) is 2.62. The Bertz CT molecular complexity index is 526. The Morgan fingerprint density at radius 2 is 1.67 bits per heavy atom. The Balaban J connectivity index is 1.63. The van der Waals surface area contributed by atoms with Crippen LogP contribution in [0.2, 0.25) is 0 Å². The molecular formula is C15H18NS2+. The van der Waals surface area contributed by atoms with Crippen LogP contribution in [0.15, 0.2) is 41.1 Å². The highest BCUT2D eigenvalue weighted by Gasteiger charge is 2.22. The second-order valence-corrected chi connectivity index (χ2v) is 6.94. The standard InChI is InChI=1S/C15H18NS2/c1-2-4-13(5-3-1)12-14-6-8-16(9-7-14)15-17-10-11-18-15/h1-5,10-11,14H,6-9,12H2/q+1. The molecule has 1 aliphatic rings. The van der Waals surface area contributed by atoms with Gasteiger partial charge in [-0.25, -0.2) is 4.58 Å². The van der Waals surface area contributed by atoms with Crippen molar-refractivity contribution in [1.82, 2.24) is 4.58 Å². The van der Waals surface area contributed by atoms with E-state index in [1.165, 1.54) is 41.9 Å². The Kier molecular flexibility index (Phi) is 3.91. The quantitative estimate of drug-likeness (QED) is 0.741. The second-order valence-electron chi connectivity index (χ2n) is 4.89. The molecule has 2 aromatic rings. The molecule has 0 N–H and O–H groups in total. The topological polar surface area (TPSA) is 3.01 Å². The van der Waals surface area contributed by atoms with Crippen molar-refractivity contribution in [3.8, 4) is 0 Å². The van der Waals surface area contributed by atoms with Gasteiger partial charge in [0, 0.05) is 23.6 Å². The number of nitrogens with zero attached hydrogens (tertiary/aromatic N) is 1. The molecule has 3 rings (SSSR count). The number of rotatable bonds is 2. The van der Waals surface area contributed by atoms with Crippen LogP contribution in [0.5, 0.6) is 0 Å². The van der Waals surface area contributed by atoms with Crippen molar-refractivity contribution in [1.29, 1.82) is 0 Å². The Morgan fingerprint density at radius 1 is 1.00 bits per heavy atom. The van der Waals surface area contributed by atoms with Crippen molar-refractivity contribution in [2.45, 2.75) is 19.3 Å². The summed E-state index contributed by atoms with van der Waals surface area (Å²) in [5, 5.41) is 4.38. The molecule has 0 aliphatic carbocycles. The molecular weight excluding hydrogens is 258 g/mol. The number of hydrogen-bond donors (Lipinski definition) is 0. The van der Waals surface area contributed by atoms with E-state index in [0.29, 0.717) is 0 Å². The summed E-state index contributed by atoms with van der Waals surface area (Å²) < 4.78 is 4.03. The van der Waals surface area contributed by atoms with E-state index in [1.807, 2.05) is 22.7 Å². The van der Waals surface area contributed by atoms with Gasteiger partial charge in [0.2, 0.25) is 0 Å². The maximum absolute atomic E-state index is 2.55. The number of piperidine rings is 1. The minimum Gasteiger partial charge on any atom is -0.212 e. The normalized spacial score (nSPS) is 20.0. The summed E-state index contributed by atoms with van der Waals surface area (Å²) in [6.07, 6.45) is 3.92. The van der Waals surface area contributed by atoms with Gasteiger partial charge in [0.05, 0.1) is 0 Å². The van der Waals surface area contributed by atoms with Crippen molar-refractivity contribution in [3.63, 3.8) is 0 Å². The summed E-state index contributed by atoms with van der Waals surface area (Å²) in [6, 6.07) is 10.9. The van der Waals surface area contributed by atoms with Crippen LogP contribution in [0, 0.1) is 5.92 Å². The number of benzene rings is 1. The third kappa shape index (κ3) is 2.90. The van der Waals surface area contributed by atoms with Crippen LogP contribution < -0.4 is 8.56 Å². The summed E-state index contributed by atoms with van der Waals surface area (Å²) in [5.74, 6) is 0.869. The lowest BCUT2D eigenvalue weighted by Gasteiger charge is -2.20. The summed E-state index contributed by atoms with van der Waals surface area (Å²) in [4.78, 5) is 0. The van der Waals surface area contributed by atoms with Gasteiger partial charge in [-0.2, -0.15) is 0 Å². The fraction of sp³-hybridized carbons (Fsp3) is 0.400. The third-order valence-electron chi connectivity index (χ3n) is 3.63. The minimum atomic E-state index is 0.869. The molecule has 0 saturated carbocycles. The van der Waals surface area contributed by atoms with Crippen LogP contribution in [0.3, 0.4) is 0 Å². The van der Waals surface area contributed by atoms with Crippen LogP contribution in [-0.4, -0.2) is 13.1 Å². The zero-order valence-corrected chi connectivity index (χ0v) is 12.1. The Hall–Kier alpha value is -0.930. The summed E-state index contributed by atoms with van der Waals surface area (Å²) in [6.45, 7) is 2.46. The molecule has 1 saturated heterocycles. The van der Waals surface area contributed by atoms with E-state index in [9.17, 15) is 0 Å². The lowest BCUT2D eigenvalue weighted by atomic mass is 9.91. The molecule has 3 heteroatoms. The molecule has 18 heavy (non-hydrogen) atoms. The van der Waals surface area contributed by atoms with Crippen molar-refractivity contribution in [3.05, 3.63) is 50.6 Å². The van der Waals surface area contributed by atoms with Gasteiger partial charge in [-0.05, 0) is 17.9 Å². The van der Waals surface area contributed by atoms with E-state index >= 15 is 0 Å². The van der Waals surface area contributed by atoms with E-state index in [4.69, 9.17) is 0 Å². The largest absolute Gasteiger partial charge is 0.313 e. The third-order valence-corrected chi connectivity index (χ3v) is 5.85. The van der Waals surface area contributed by atoms with E-state index in [-0.39, 0.29) is 0 Å². The first kappa shape index (κ1) is 12.1. The van der Waals surface area contributed by atoms with Gasteiger partial charge >= 0.3 is 3.98 Å². The predicted molar refractivity (Wildman–Crippen MR) is 80.1 cm³/mol. The Labute approximate surface area is 116 Å². The first-order valence-corrected chi connectivity index (χ1v) is 8.32. The van der Waals surface area contributed by atoms with Crippen molar-refractivity contribution < 1.29 is 0 Å². The molecule has 0 unspecified atom stereocenters. The second kappa shape index (κ2) is 5.81. The smallest absolute Gasteiger partial charge is 0.212 e. The lowest BCUT2D eigenvalue weighted by Crippen LogP contribution is -2.35. The average Bonchev–Trinajstić information content (AvgIpc) is 2.95. The number of hydrogen-bond acceptors (Lipinski definition) is 2. The van der Waals surface area contributed by atoms with Crippen molar-refractivity contribution in [2.75, 3.05) is 13.1 Å². The predicted octanol–water partition coefficient (Wildman–Crippen LogP) is 3.23. The van der Waals surface area contributed by atoms with Crippen LogP contribution >= 0.6 is 22.7 Å². The summed E-state index contributed by atoms with van der Waals surface area (Å²) >= 11 is 3.76. The maximum Gasteiger partial charge on any atom is 0.313 e. The van der Waals surface area contributed by atoms with Gasteiger partial charge in [0.1, 0.15) is 13.1 Å². The highest BCUT2D eigenvalue weighted by molar-refractivity contribution is 7.24. The van der Waals surface area contributed by atoms with Crippen LogP contribution in [0.25, 0.3) is 0 Å². The molecule has 2 heterocycles. The van der Waals surface area contributed by atoms with Gasteiger partial charge in [-0.1, -0.05) is 53.0 Å². The molecule has 0 radical (unpaired) electrons. The highest BCUT2D eigenvalue weighted by Crippen LogP contribution is 2.19. The molecule has 0 bridgehead atoms. The van der Waals surface area contributed by atoms with Gasteiger partial charge in [0.25, 0.3) is 0 Å². The van der Waals surface area contributed by atoms with Crippen LogP contribution in [-0.2, 0) is 6.42 Å². The SMILES string of the molecule is c1ccc(CC2CC[N+](=c3sccs3)CC2)cc1. The average molecular weight is 276 g/mol. The molecule has 1 aromatic carbocycles. The summed E-state index contributed by atoms with van der Waals surface area (Å²) in [5.41, 5.74) is 1.50. The molecule has 0 amide bonds. The molecule has 1 fully saturated rings. The fourth-order valence-corrected chi connectivity index (χ4v) is 4.51. The van der Waals surface area contributed by atoms with E-state index in [0.717, 1.165) is 5.92 Å². The van der Waals surface area contributed by atoms with Crippen molar-refractivity contribution >= 4 is 22.7 Å².